The van der Waals surface area contributed by atoms with Crippen LogP contribution < -0.4 is 9.21 Å². The summed E-state index contributed by atoms with van der Waals surface area (Å²) >= 11 is 0. The molecule has 0 spiro atoms. The highest BCUT2D eigenvalue weighted by molar-refractivity contribution is 7.93. The number of fused-ring (bicyclic) bond motifs is 1. The van der Waals surface area contributed by atoms with E-state index in [-0.39, 0.29) is 17.3 Å². The van der Waals surface area contributed by atoms with Crippen molar-refractivity contribution in [1.29, 1.82) is 0 Å². The molecule has 5 rings (SSSR count). The van der Waals surface area contributed by atoms with Gasteiger partial charge in [0.25, 0.3) is 10.0 Å². The Labute approximate surface area is 162 Å². The first-order valence-electron chi connectivity index (χ1n) is 9.10. The first kappa shape index (κ1) is 17.2. The number of anilines is 2. The van der Waals surface area contributed by atoms with Gasteiger partial charge in [-0.25, -0.2) is 12.8 Å². The SMILES string of the molecule is O=C(CN1c2cccc3cccc(c23)S1(=O)=O)N1CCCc2ccc(F)cc21. The van der Waals surface area contributed by atoms with Gasteiger partial charge < -0.3 is 4.90 Å². The molecular weight excluding hydrogens is 379 g/mol. The Bertz CT molecular complexity index is 1230. The minimum atomic E-state index is -3.81. The smallest absolute Gasteiger partial charge is 0.265 e. The molecule has 142 valence electrons. The quantitative estimate of drug-likeness (QED) is 0.667. The number of halogens is 1. The van der Waals surface area contributed by atoms with Gasteiger partial charge in [-0.05, 0) is 48.1 Å². The molecule has 0 atom stereocenters. The van der Waals surface area contributed by atoms with Crippen LogP contribution in [0.15, 0.2) is 59.5 Å². The van der Waals surface area contributed by atoms with Gasteiger partial charge in [0.15, 0.2) is 0 Å². The fourth-order valence-electron chi connectivity index (χ4n) is 4.14. The third kappa shape index (κ3) is 2.43. The molecule has 3 aromatic carbocycles. The standard InChI is InChI=1S/C21H17FN2O3S/c22-16-10-9-14-6-3-11-23(18(14)12-16)20(25)13-24-17-7-1-4-15-5-2-8-19(21(15)17)28(24,26)27/h1-2,4-5,7-10,12H,3,6,11,13H2. The van der Waals surface area contributed by atoms with Crippen LogP contribution >= 0.6 is 0 Å². The number of carbonyl (C=O) groups excluding carboxylic acids is 1. The first-order valence-corrected chi connectivity index (χ1v) is 10.5. The third-order valence-electron chi connectivity index (χ3n) is 5.43. The summed E-state index contributed by atoms with van der Waals surface area (Å²) in [4.78, 5) is 14.8. The van der Waals surface area contributed by atoms with Gasteiger partial charge in [-0.15, -0.1) is 0 Å². The van der Waals surface area contributed by atoms with Gasteiger partial charge in [0.05, 0.1) is 10.6 Å². The average Bonchev–Trinajstić information content (AvgIpc) is 2.91. The molecule has 0 aliphatic carbocycles. The maximum atomic E-state index is 13.7. The van der Waals surface area contributed by atoms with E-state index in [2.05, 4.69) is 0 Å². The van der Waals surface area contributed by atoms with Crippen LogP contribution in [0.25, 0.3) is 10.8 Å². The first-order chi connectivity index (χ1) is 13.5. The van der Waals surface area contributed by atoms with Crippen molar-refractivity contribution in [3.63, 3.8) is 0 Å². The topological polar surface area (TPSA) is 57.7 Å². The Hall–Kier alpha value is -2.93. The molecule has 2 heterocycles. The van der Waals surface area contributed by atoms with E-state index in [0.717, 1.165) is 23.8 Å². The lowest BCUT2D eigenvalue weighted by Gasteiger charge is -2.31. The molecule has 0 N–H and O–H groups in total. The average molecular weight is 396 g/mol. The maximum absolute atomic E-state index is 13.7. The highest BCUT2D eigenvalue weighted by Crippen LogP contribution is 2.42. The molecule has 0 saturated heterocycles. The number of hydrogen-bond acceptors (Lipinski definition) is 3. The van der Waals surface area contributed by atoms with E-state index >= 15 is 0 Å². The van der Waals surface area contributed by atoms with Gasteiger partial charge in [0.2, 0.25) is 5.91 Å². The van der Waals surface area contributed by atoms with Crippen LogP contribution in [0.3, 0.4) is 0 Å². The fraction of sp³-hybridized carbons (Fsp3) is 0.190. The molecule has 0 bridgehead atoms. The summed E-state index contributed by atoms with van der Waals surface area (Å²) in [5, 5.41) is 1.46. The number of nitrogens with zero attached hydrogens (tertiary/aromatic N) is 2. The van der Waals surface area contributed by atoms with Crippen molar-refractivity contribution in [3.05, 3.63) is 66.0 Å². The number of hydrogen-bond donors (Lipinski definition) is 0. The van der Waals surface area contributed by atoms with Gasteiger partial charge in [-0.3, -0.25) is 9.10 Å². The summed E-state index contributed by atoms with van der Waals surface area (Å²) < 4.78 is 41.1. The molecule has 0 saturated carbocycles. The van der Waals surface area contributed by atoms with E-state index in [0.29, 0.717) is 23.3 Å². The number of sulfonamides is 1. The van der Waals surface area contributed by atoms with Gasteiger partial charge in [0.1, 0.15) is 12.4 Å². The molecule has 2 aliphatic rings. The third-order valence-corrected chi connectivity index (χ3v) is 7.23. The summed E-state index contributed by atoms with van der Waals surface area (Å²) in [5.41, 5.74) is 1.94. The van der Waals surface area contributed by atoms with Crippen LogP contribution in [0.1, 0.15) is 12.0 Å². The largest absolute Gasteiger partial charge is 0.310 e. The van der Waals surface area contributed by atoms with Crippen molar-refractivity contribution < 1.29 is 17.6 Å². The monoisotopic (exact) mass is 396 g/mol. The zero-order valence-corrected chi connectivity index (χ0v) is 15.7. The van der Waals surface area contributed by atoms with E-state index in [1.54, 1.807) is 30.3 Å². The van der Waals surface area contributed by atoms with Crippen molar-refractivity contribution >= 4 is 38.1 Å². The van der Waals surface area contributed by atoms with Crippen molar-refractivity contribution in [2.75, 3.05) is 22.3 Å². The van der Waals surface area contributed by atoms with Crippen molar-refractivity contribution in [1.82, 2.24) is 0 Å². The Morgan fingerprint density at radius 3 is 2.64 bits per heavy atom. The van der Waals surface area contributed by atoms with E-state index in [9.17, 15) is 17.6 Å². The minimum absolute atomic E-state index is 0.221. The normalized spacial score (nSPS) is 17.0. The van der Waals surface area contributed by atoms with E-state index in [1.807, 2.05) is 12.1 Å². The lowest BCUT2D eigenvalue weighted by Crippen LogP contribution is -2.43. The summed E-state index contributed by atoms with van der Waals surface area (Å²) in [5.74, 6) is -0.774. The van der Waals surface area contributed by atoms with Gasteiger partial charge in [-0.2, -0.15) is 0 Å². The molecule has 2 aliphatic heterocycles. The van der Waals surface area contributed by atoms with Crippen LogP contribution in [0, 0.1) is 5.82 Å². The Balaban J connectivity index is 1.54. The van der Waals surface area contributed by atoms with Gasteiger partial charge >= 0.3 is 0 Å². The zero-order chi connectivity index (χ0) is 19.5. The predicted octanol–water partition coefficient (Wildman–Crippen LogP) is 3.47. The maximum Gasteiger partial charge on any atom is 0.265 e. The minimum Gasteiger partial charge on any atom is -0.310 e. The van der Waals surface area contributed by atoms with Crippen molar-refractivity contribution in [3.8, 4) is 0 Å². The van der Waals surface area contributed by atoms with Crippen molar-refractivity contribution in [2.24, 2.45) is 0 Å². The summed E-state index contributed by atoms with van der Waals surface area (Å²) in [6, 6.07) is 14.9. The predicted molar refractivity (Wildman–Crippen MR) is 106 cm³/mol. The van der Waals surface area contributed by atoms with Crippen LogP contribution in [-0.2, 0) is 21.2 Å². The molecule has 5 nitrogen and oxygen atoms in total. The molecular formula is C21H17FN2O3S. The van der Waals surface area contributed by atoms with Gasteiger partial charge in [0, 0.05) is 17.6 Å². The highest BCUT2D eigenvalue weighted by Gasteiger charge is 2.38. The summed E-state index contributed by atoms with van der Waals surface area (Å²) in [7, 11) is -3.81. The second kappa shape index (κ2) is 6.04. The summed E-state index contributed by atoms with van der Waals surface area (Å²) in [6.07, 6.45) is 1.53. The molecule has 0 aromatic heterocycles. The molecule has 0 radical (unpaired) electrons. The molecule has 0 fully saturated rings. The molecule has 0 unspecified atom stereocenters. The highest BCUT2D eigenvalue weighted by atomic mass is 32.2. The fourth-order valence-corrected chi connectivity index (χ4v) is 5.80. The molecule has 1 amide bonds. The second-order valence-electron chi connectivity index (χ2n) is 7.07. The Kier molecular flexibility index (Phi) is 3.71. The molecule has 28 heavy (non-hydrogen) atoms. The molecule has 7 heteroatoms. The number of amides is 1. The lowest BCUT2D eigenvalue weighted by molar-refractivity contribution is -0.117. The summed E-state index contributed by atoms with van der Waals surface area (Å²) in [6.45, 7) is 0.131. The Morgan fingerprint density at radius 1 is 1.04 bits per heavy atom. The lowest BCUT2D eigenvalue weighted by atomic mass is 10.0. The van der Waals surface area contributed by atoms with E-state index < -0.39 is 15.8 Å². The number of carbonyl (C=O) groups is 1. The van der Waals surface area contributed by atoms with Crippen LogP contribution in [0.2, 0.25) is 0 Å². The van der Waals surface area contributed by atoms with E-state index in [4.69, 9.17) is 0 Å². The van der Waals surface area contributed by atoms with Crippen molar-refractivity contribution in [2.45, 2.75) is 17.7 Å². The van der Waals surface area contributed by atoms with Crippen LogP contribution in [0.5, 0.6) is 0 Å². The zero-order valence-electron chi connectivity index (χ0n) is 14.9. The number of benzene rings is 3. The number of rotatable bonds is 2. The van der Waals surface area contributed by atoms with Crippen LogP contribution in [0.4, 0.5) is 15.8 Å². The van der Waals surface area contributed by atoms with Gasteiger partial charge in [-0.1, -0.05) is 30.3 Å². The van der Waals surface area contributed by atoms with Crippen LogP contribution in [-0.4, -0.2) is 27.4 Å². The number of aryl methyl sites for hydroxylation is 1. The second-order valence-corrected chi connectivity index (χ2v) is 8.90. The molecule has 3 aromatic rings. The van der Waals surface area contributed by atoms with E-state index in [1.165, 1.54) is 21.3 Å². The Morgan fingerprint density at radius 2 is 1.82 bits per heavy atom.